The van der Waals surface area contributed by atoms with Gasteiger partial charge in [-0.3, -0.25) is 9.78 Å². The number of aromatic nitrogens is 2. The van der Waals surface area contributed by atoms with Crippen LogP contribution in [0.2, 0.25) is 0 Å². The smallest absolute Gasteiger partial charge is 0.337 e. The third-order valence-electron chi connectivity index (χ3n) is 4.98. The molecule has 0 aliphatic rings. The van der Waals surface area contributed by atoms with Gasteiger partial charge in [-0.1, -0.05) is 42.0 Å². The predicted octanol–water partition coefficient (Wildman–Crippen LogP) is 5.23. The minimum absolute atomic E-state index is 0.162. The third kappa shape index (κ3) is 5.29. The Bertz CT molecular complexity index is 1260. The summed E-state index contributed by atoms with van der Waals surface area (Å²) >= 11 is 0. The minimum atomic E-state index is -1.00. The molecule has 0 radical (unpaired) electrons. The summed E-state index contributed by atoms with van der Waals surface area (Å²) in [4.78, 5) is 30.7. The van der Waals surface area contributed by atoms with E-state index in [0.717, 1.165) is 16.7 Å². The number of rotatable bonds is 8. The van der Waals surface area contributed by atoms with E-state index in [1.54, 1.807) is 18.3 Å². The van der Waals surface area contributed by atoms with Gasteiger partial charge in [0, 0.05) is 31.3 Å². The fourth-order valence-electron chi connectivity index (χ4n) is 3.44. The van der Waals surface area contributed by atoms with Crippen LogP contribution in [0.25, 0.3) is 11.4 Å². The molecule has 0 amide bonds. The van der Waals surface area contributed by atoms with Gasteiger partial charge < -0.3 is 14.8 Å². The first-order valence-electron chi connectivity index (χ1n) is 10.2. The number of H-pyrrole nitrogens is 1. The Balaban J connectivity index is 1.39. The van der Waals surface area contributed by atoms with Crippen LogP contribution < -0.4 is 4.74 Å². The average Bonchev–Trinajstić information content (AvgIpc) is 3.26. The molecular weight excluding hydrogens is 404 g/mol. The lowest BCUT2D eigenvalue weighted by Gasteiger charge is -2.08. The Kier molecular flexibility index (Phi) is 6.12. The highest BCUT2D eigenvalue weighted by Crippen LogP contribution is 2.26. The van der Waals surface area contributed by atoms with E-state index in [9.17, 15) is 9.59 Å². The van der Waals surface area contributed by atoms with Gasteiger partial charge in [0.2, 0.25) is 0 Å². The number of ether oxygens (including phenoxy) is 1. The zero-order chi connectivity index (χ0) is 22.5. The first-order valence-corrected chi connectivity index (χ1v) is 10.2. The van der Waals surface area contributed by atoms with E-state index >= 15 is 0 Å². The van der Waals surface area contributed by atoms with Crippen molar-refractivity contribution in [1.29, 1.82) is 0 Å². The number of ketones is 1. The van der Waals surface area contributed by atoms with Crippen LogP contribution in [0.4, 0.5) is 0 Å². The van der Waals surface area contributed by atoms with Gasteiger partial charge in [-0.2, -0.15) is 0 Å². The number of carboxylic acid groups (broad SMARTS) is 1. The van der Waals surface area contributed by atoms with Gasteiger partial charge in [0.15, 0.2) is 0 Å². The van der Waals surface area contributed by atoms with Crippen molar-refractivity contribution in [2.75, 3.05) is 0 Å². The predicted molar refractivity (Wildman–Crippen MR) is 121 cm³/mol. The summed E-state index contributed by atoms with van der Waals surface area (Å²) in [6.45, 7) is 2.02. The first-order chi connectivity index (χ1) is 15.5. The molecule has 2 heterocycles. The quantitative estimate of drug-likeness (QED) is 0.402. The number of nitrogens with one attached hydrogen (secondary N) is 1. The zero-order valence-corrected chi connectivity index (χ0v) is 17.5. The van der Waals surface area contributed by atoms with Crippen molar-refractivity contribution in [3.63, 3.8) is 0 Å². The zero-order valence-electron chi connectivity index (χ0n) is 17.5. The Morgan fingerprint density at radius 1 is 0.938 bits per heavy atom. The number of aryl methyl sites for hydroxylation is 1. The van der Waals surface area contributed by atoms with Crippen LogP contribution >= 0.6 is 0 Å². The molecule has 6 heteroatoms. The minimum Gasteiger partial charge on any atom is -0.478 e. The van der Waals surface area contributed by atoms with Crippen LogP contribution in [0, 0.1) is 6.92 Å². The van der Waals surface area contributed by atoms with Crippen molar-refractivity contribution in [2.45, 2.75) is 19.8 Å². The molecule has 2 aromatic carbocycles. The van der Waals surface area contributed by atoms with Gasteiger partial charge in [-0.25, -0.2) is 4.79 Å². The average molecular weight is 426 g/mol. The fourth-order valence-corrected chi connectivity index (χ4v) is 3.44. The number of pyridine rings is 1. The summed E-state index contributed by atoms with van der Waals surface area (Å²) in [6, 6.07) is 20.4. The van der Waals surface area contributed by atoms with Gasteiger partial charge in [-0.05, 0) is 42.3 Å². The summed E-state index contributed by atoms with van der Waals surface area (Å²) in [6.07, 6.45) is 3.81. The summed E-state index contributed by atoms with van der Waals surface area (Å²) in [5.74, 6) is 0.367. The number of nitrogens with zero attached hydrogens (tertiary/aromatic N) is 1. The van der Waals surface area contributed by atoms with Crippen LogP contribution in [-0.4, -0.2) is 26.8 Å². The molecule has 2 N–H and O–H groups in total. The van der Waals surface area contributed by atoms with Crippen molar-refractivity contribution in [2.24, 2.45) is 0 Å². The Morgan fingerprint density at radius 3 is 2.44 bits per heavy atom. The van der Waals surface area contributed by atoms with Crippen molar-refractivity contribution < 1.29 is 19.4 Å². The second-order valence-corrected chi connectivity index (χ2v) is 7.61. The highest BCUT2D eigenvalue weighted by molar-refractivity contribution is 5.89. The Morgan fingerprint density at radius 2 is 1.72 bits per heavy atom. The molecule has 4 aromatic rings. The number of aromatic amines is 1. The van der Waals surface area contributed by atoms with E-state index < -0.39 is 5.97 Å². The van der Waals surface area contributed by atoms with Crippen molar-refractivity contribution in [1.82, 2.24) is 9.97 Å². The molecule has 0 fully saturated rings. The maximum absolute atomic E-state index is 12.4. The monoisotopic (exact) mass is 426 g/mol. The number of aromatic carboxylic acids is 1. The molecule has 4 rings (SSSR count). The fraction of sp³-hybridized carbons (Fsp3) is 0.115. The normalized spacial score (nSPS) is 10.7. The molecule has 0 saturated heterocycles. The number of hydrogen-bond donors (Lipinski definition) is 2. The number of carboxylic acids is 1. The molecule has 0 atom stereocenters. The maximum atomic E-state index is 12.4. The summed E-state index contributed by atoms with van der Waals surface area (Å²) < 4.78 is 5.91. The largest absolute Gasteiger partial charge is 0.478 e. The van der Waals surface area contributed by atoms with Crippen LogP contribution in [0.1, 0.15) is 27.0 Å². The summed E-state index contributed by atoms with van der Waals surface area (Å²) in [7, 11) is 0. The van der Waals surface area contributed by atoms with Crippen molar-refractivity contribution in [3.8, 4) is 22.9 Å². The van der Waals surface area contributed by atoms with Gasteiger partial charge >= 0.3 is 5.97 Å². The SMILES string of the molecule is Cc1cccc(CC(=O)Cc2ccc(Oc3ccnc(-c4cc(C(=O)O)c[nH]4)c3)cc2)c1. The van der Waals surface area contributed by atoms with Gasteiger partial charge in [0.25, 0.3) is 0 Å². The van der Waals surface area contributed by atoms with E-state index in [1.165, 1.54) is 12.3 Å². The standard InChI is InChI=1S/C26H22N2O4/c1-17-3-2-4-19(11-17)13-21(29)12-18-5-7-22(8-6-18)32-23-9-10-27-25(15-23)24-14-20(16-28-24)26(30)31/h2-11,14-16,28H,12-13H2,1H3,(H,30,31). The van der Waals surface area contributed by atoms with E-state index in [1.807, 2.05) is 55.5 Å². The van der Waals surface area contributed by atoms with Crippen LogP contribution in [0.3, 0.4) is 0 Å². The van der Waals surface area contributed by atoms with Gasteiger partial charge in [0.05, 0.1) is 17.0 Å². The lowest BCUT2D eigenvalue weighted by Crippen LogP contribution is -2.06. The molecular formula is C26H22N2O4. The topological polar surface area (TPSA) is 92.3 Å². The second-order valence-electron chi connectivity index (χ2n) is 7.61. The number of carbonyl (C=O) groups excluding carboxylic acids is 1. The molecule has 0 bridgehead atoms. The van der Waals surface area contributed by atoms with Gasteiger partial charge in [0.1, 0.15) is 17.3 Å². The summed E-state index contributed by atoms with van der Waals surface area (Å²) in [5, 5.41) is 9.07. The number of carbonyl (C=O) groups is 2. The molecule has 0 aliphatic heterocycles. The lowest BCUT2D eigenvalue weighted by molar-refractivity contribution is -0.117. The van der Waals surface area contributed by atoms with Crippen molar-refractivity contribution in [3.05, 3.63) is 101 Å². The van der Waals surface area contributed by atoms with Gasteiger partial charge in [-0.15, -0.1) is 0 Å². The number of Topliss-reactive ketones (excluding diaryl/α,β-unsaturated/α-hetero) is 1. The molecule has 6 nitrogen and oxygen atoms in total. The Labute approximate surface area is 185 Å². The van der Waals surface area contributed by atoms with Crippen LogP contribution in [0.15, 0.2) is 79.1 Å². The molecule has 0 aliphatic carbocycles. The molecule has 2 aromatic heterocycles. The van der Waals surface area contributed by atoms with Crippen molar-refractivity contribution >= 4 is 11.8 Å². The van der Waals surface area contributed by atoms with E-state index in [-0.39, 0.29) is 11.3 Å². The Hall–Kier alpha value is -4.19. The first kappa shape index (κ1) is 21.1. The molecule has 0 unspecified atom stereocenters. The molecule has 0 spiro atoms. The van der Waals surface area contributed by atoms with Crippen LogP contribution in [0.5, 0.6) is 11.5 Å². The van der Waals surface area contributed by atoms with E-state index in [4.69, 9.17) is 9.84 Å². The summed E-state index contributed by atoms with van der Waals surface area (Å²) in [5.41, 5.74) is 4.44. The molecule has 160 valence electrons. The molecule has 0 saturated carbocycles. The second kappa shape index (κ2) is 9.31. The van der Waals surface area contributed by atoms with E-state index in [2.05, 4.69) is 9.97 Å². The highest BCUT2D eigenvalue weighted by atomic mass is 16.5. The number of benzene rings is 2. The van der Waals surface area contributed by atoms with Crippen LogP contribution in [-0.2, 0) is 17.6 Å². The number of hydrogen-bond acceptors (Lipinski definition) is 4. The lowest BCUT2D eigenvalue weighted by atomic mass is 10.0. The molecule has 32 heavy (non-hydrogen) atoms. The van der Waals surface area contributed by atoms with E-state index in [0.29, 0.717) is 35.7 Å². The third-order valence-corrected chi connectivity index (χ3v) is 4.98. The highest BCUT2D eigenvalue weighted by Gasteiger charge is 2.10. The maximum Gasteiger partial charge on any atom is 0.337 e.